The SMILES string of the molecule is C=C[C@]1(C)C=C2CC[C@H]3C(C)(C)[C@H](O)CC[C@]3(C)[C@@]2(O)[C@H](O)C1. The first-order valence-corrected chi connectivity index (χ1v) is 8.95. The van der Waals surface area contributed by atoms with Crippen LogP contribution in [0.4, 0.5) is 0 Å². The summed E-state index contributed by atoms with van der Waals surface area (Å²) in [5, 5.41) is 33.2. The summed E-state index contributed by atoms with van der Waals surface area (Å²) in [5.74, 6) is 0.198. The Morgan fingerprint density at radius 3 is 2.39 bits per heavy atom. The lowest BCUT2D eigenvalue weighted by atomic mass is 9.42. The number of aliphatic hydroxyl groups is 3. The van der Waals surface area contributed by atoms with E-state index >= 15 is 0 Å². The third kappa shape index (κ3) is 2.06. The van der Waals surface area contributed by atoms with Crippen LogP contribution in [0, 0.1) is 22.2 Å². The van der Waals surface area contributed by atoms with E-state index in [9.17, 15) is 15.3 Å². The molecule has 0 aromatic heterocycles. The second kappa shape index (κ2) is 4.93. The molecule has 3 rings (SSSR count). The van der Waals surface area contributed by atoms with Crippen molar-refractivity contribution in [3.05, 3.63) is 24.3 Å². The third-order valence-corrected chi connectivity index (χ3v) is 7.61. The highest BCUT2D eigenvalue weighted by Crippen LogP contribution is 2.65. The molecular formula is C20H32O3. The van der Waals surface area contributed by atoms with E-state index in [0.717, 1.165) is 24.8 Å². The van der Waals surface area contributed by atoms with Crippen molar-refractivity contribution in [1.82, 2.24) is 0 Å². The van der Waals surface area contributed by atoms with Crippen molar-refractivity contribution in [3.8, 4) is 0 Å². The molecule has 0 aliphatic heterocycles. The van der Waals surface area contributed by atoms with Crippen LogP contribution in [0.3, 0.4) is 0 Å². The topological polar surface area (TPSA) is 60.7 Å². The van der Waals surface area contributed by atoms with Crippen LogP contribution in [0.25, 0.3) is 0 Å². The minimum absolute atomic E-state index is 0.198. The Morgan fingerprint density at radius 1 is 1.13 bits per heavy atom. The second-order valence-corrected chi connectivity index (χ2v) is 9.25. The van der Waals surface area contributed by atoms with Crippen LogP contribution >= 0.6 is 0 Å². The molecular weight excluding hydrogens is 288 g/mol. The molecule has 0 radical (unpaired) electrons. The number of hydrogen-bond acceptors (Lipinski definition) is 3. The van der Waals surface area contributed by atoms with Crippen molar-refractivity contribution in [2.45, 2.75) is 77.6 Å². The highest BCUT2D eigenvalue weighted by molar-refractivity contribution is 5.36. The number of hydrogen-bond donors (Lipinski definition) is 3. The molecule has 0 amide bonds. The maximum atomic E-state index is 11.7. The van der Waals surface area contributed by atoms with Crippen LogP contribution in [0.15, 0.2) is 24.3 Å². The van der Waals surface area contributed by atoms with E-state index in [-0.39, 0.29) is 22.9 Å². The van der Waals surface area contributed by atoms with Gasteiger partial charge in [0, 0.05) is 10.8 Å². The summed E-state index contributed by atoms with van der Waals surface area (Å²) in [6.07, 6.45) is 6.57. The van der Waals surface area contributed by atoms with Gasteiger partial charge in [-0.25, -0.2) is 0 Å². The lowest BCUT2D eigenvalue weighted by Gasteiger charge is -2.65. The summed E-state index contributed by atoms with van der Waals surface area (Å²) in [6.45, 7) is 12.3. The number of rotatable bonds is 1. The molecule has 6 atom stereocenters. The summed E-state index contributed by atoms with van der Waals surface area (Å²) < 4.78 is 0. The summed E-state index contributed by atoms with van der Waals surface area (Å²) in [7, 11) is 0. The molecule has 0 aromatic rings. The van der Waals surface area contributed by atoms with Crippen molar-refractivity contribution in [2.24, 2.45) is 22.2 Å². The summed E-state index contributed by atoms with van der Waals surface area (Å²) in [6, 6.07) is 0. The highest BCUT2D eigenvalue weighted by atomic mass is 16.3. The van der Waals surface area contributed by atoms with Gasteiger partial charge in [0.2, 0.25) is 0 Å². The van der Waals surface area contributed by atoms with Gasteiger partial charge in [-0.2, -0.15) is 0 Å². The van der Waals surface area contributed by atoms with Gasteiger partial charge >= 0.3 is 0 Å². The fraction of sp³-hybridized carbons (Fsp3) is 0.800. The lowest BCUT2D eigenvalue weighted by Crippen LogP contribution is -2.68. The fourth-order valence-electron chi connectivity index (χ4n) is 5.98. The van der Waals surface area contributed by atoms with Gasteiger partial charge in [-0.05, 0) is 49.0 Å². The molecule has 3 heteroatoms. The number of allylic oxidation sites excluding steroid dienone is 2. The monoisotopic (exact) mass is 320 g/mol. The first-order chi connectivity index (χ1) is 10.5. The van der Waals surface area contributed by atoms with E-state index in [1.54, 1.807) is 0 Å². The molecule has 0 bridgehead atoms. The van der Waals surface area contributed by atoms with Gasteiger partial charge in [0.25, 0.3) is 0 Å². The Kier molecular flexibility index (Phi) is 3.69. The van der Waals surface area contributed by atoms with Crippen molar-refractivity contribution in [1.29, 1.82) is 0 Å². The molecule has 0 saturated heterocycles. The van der Waals surface area contributed by atoms with Crippen molar-refractivity contribution in [2.75, 3.05) is 0 Å². The van der Waals surface area contributed by atoms with Gasteiger partial charge in [-0.1, -0.05) is 39.8 Å². The molecule has 3 aliphatic carbocycles. The zero-order chi connectivity index (χ0) is 17.3. The van der Waals surface area contributed by atoms with Crippen molar-refractivity contribution < 1.29 is 15.3 Å². The minimum atomic E-state index is -1.18. The van der Waals surface area contributed by atoms with Crippen LogP contribution in [0.2, 0.25) is 0 Å². The smallest absolute Gasteiger partial charge is 0.117 e. The predicted octanol–water partition coefficient (Wildman–Crippen LogP) is 3.20. The van der Waals surface area contributed by atoms with Gasteiger partial charge in [0.1, 0.15) is 5.60 Å². The Balaban J connectivity index is 2.12. The summed E-state index contributed by atoms with van der Waals surface area (Å²) in [4.78, 5) is 0. The van der Waals surface area contributed by atoms with E-state index in [1.807, 2.05) is 6.08 Å². The van der Waals surface area contributed by atoms with Crippen molar-refractivity contribution >= 4 is 0 Å². The van der Waals surface area contributed by atoms with Crippen molar-refractivity contribution in [3.63, 3.8) is 0 Å². The molecule has 0 spiro atoms. The fourth-order valence-corrected chi connectivity index (χ4v) is 5.98. The maximum Gasteiger partial charge on any atom is 0.117 e. The van der Waals surface area contributed by atoms with Gasteiger partial charge in [-0.3, -0.25) is 0 Å². The zero-order valence-corrected chi connectivity index (χ0v) is 15.0. The minimum Gasteiger partial charge on any atom is -0.393 e. The van der Waals surface area contributed by atoms with Crippen LogP contribution in [-0.2, 0) is 0 Å². The molecule has 130 valence electrons. The maximum absolute atomic E-state index is 11.7. The predicted molar refractivity (Wildman–Crippen MR) is 91.8 cm³/mol. The largest absolute Gasteiger partial charge is 0.393 e. The molecule has 0 aromatic carbocycles. The first-order valence-electron chi connectivity index (χ1n) is 8.95. The highest BCUT2D eigenvalue weighted by Gasteiger charge is 2.66. The Morgan fingerprint density at radius 2 is 1.78 bits per heavy atom. The Hall–Kier alpha value is -0.640. The first kappa shape index (κ1) is 17.2. The number of fused-ring (bicyclic) bond motifs is 3. The standard InChI is InChI=1S/C20H32O3/c1-6-18(4)11-13-7-8-14-17(2,3)15(21)9-10-19(14,5)20(13,23)16(22)12-18/h6,11,14-16,21-23H,1,7-10,12H2,2-5H3/t14-,15+,16+,18+,19-,20-/m0/s1. The quantitative estimate of drug-likeness (QED) is 0.650. The van der Waals surface area contributed by atoms with Crippen LogP contribution in [0.5, 0.6) is 0 Å². The van der Waals surface area contributed by atoms with E-state index in [1.165, 1.54) is 0 Å². The van der Waals surface area contributed by atoms with Crippen LogP contribution < -0.4 is 0 Å². The molecule has 3 aliphatic rings. The average Bonchev–Trinajstić information content (AvgIpc) is 2.47. The molecule has 23 heavy (non-hydrogen) atoms. The van der Waals surface area contributed by atoms with Gasteiger partial charge < -0.3 is 15.3 Å². The summed E-state index contributed by atoms with van der Waals surface area (Å²) >= 11 is 0. The van der Waals surface area contributed by atoms with Gasteiger partial charge in [-0.15, -0.1) is 6.58 Å². The van der Waals surface area contributed by atoms with E-state index < -0.39 is 17.1 Å². The van der Waals surface area contributed by atoms with Crippen LogP contribution in [-0.4, -0.2) is 33.1 Å². The normalized spacial score (nSPS) is 52.1. The van der Waals surface area contributed by atoms with E-state index in [4.69, 9.17) is 0 Å². The zero-order valence-electron chi connectivity index (χ0n) is 15.0. The second-order valence-electron chi connectivity index (χ2n) is 9.25. The lowest BCUT2D eigenvalue weighted by molar-refractivity contribution is -0.226. The third-order valence-electron chi connectivity index (χ3n) is 7.61. The molecule has 0 unspecified atom stereocenters. The Bertz CT molecular complexity index is 551. The van der Waals surface area contributed by atoms with E-state index in [0.29, 0.717) is 12.8 Å². The van der Waals surface area contributed by atoms with Gasteiger partial charge in [0.15, 0.2) is 0 Å². The molecule has 3 N–H and O–H groups in total. The molecule has 3 nitrogen and oxygen atoms in total. The number of aliphatic hydroxyl groups excluding tert-OH is 2. The molecule has 0 heterocycles. The van der Waals surface area contributed by atoms with E-state index in [2.05, 4.69) is 40.3 Å². The van der Waals surface area contributed by atoms with Crippen LogP contribution in [0.1, 0.15) is 59.8 Å². The molecule has 2 fully saturated rings. The van der Waals surface area contributed by atoms with Gasteiger partial charge in [0.05, 0.1) is 12.2 Å². The average molecular weight is 320 g/mol. The Labute approximate surface area is 140 Å². The molecule has 2 saturated carbocycles. The summed E-state index contributed by atoms with van der Waals surface area (Å²) in [5.41, 5.74) is -1.11.